The molecule has 0 atom stereocenters. The predicted octanol–water partition coefficient (Wildman–Crippen LogP) is 4.60. The summed E-state index contributed by atoms with van der Waals surface area (Å²) in [6.07, 6.45) is 1.71. The summed E-state index contributed by atoms with van der Waals surface area (Å²) in [5.74, 6) is 0.288. The molecule has 107 valence electrons. The monoisotopic (exact) mass is 320 g/mol. The van der Waals surface area contributed by atoms with Gasteiger partial charge in [-0.1, -0.05) is 48.5 Å². The number of aromatic hydroxyl groups is 1. The van der Waals surface area contributed by atoms with E-state index >= 15 is 0 Å². The van der Waals surface area contributed by atoms with E-state index < -0.39 is 0 Å². The number of benzene rings is 3. The zero-order valence-electron chi connectivity index (χ0n) is 11.6. The summed E-state index contributed by atoms with van der Waals surface area (Å²) >= 11 is 0. The van der Waals surface area contributed by atoms with E-state index in [2.05, 4.69) is 23.2 Å². The minimum atomic E-state index is 0. The molecule has 0 saturated heterocycles. The Kier molecular flexibility index (Phi) is 4.78. The predicted molar refractivity (Wildman–Crippen MR) is 84.0 cm³/mol. The topological polar surface area (TPSA) is 32.6 Å². The van der Waals surface area contributed by atoms with Gasteiger partial charge in [-0.2, -0.15) is 0 Å². The standard InChI is InChI=1S/C18H15NO.Co/c1-13-6-4-9-15(18(13)20)12-19-17-11-5-8-14-7-2-3-10-16(14)17;/h2-12,20H,1H3;. The van der Waals surface area contributed by atoms with E-state index in [1.54, 1.807) is 6.21 Å². The molecule has 3 aromatic rings. The molecule has 3 heteroatoms. The number of aliphatic imine (C=N–C) groups is 1. The van der Waals surface area contributed by atoms with Crippen LogP contribution in [0.25, 0.3) is 10.8 Å². The van der Waals surface area contributed by atoms with Crippen molar-refractivity contribution < 1.29 is 21.9 Å². The number of phenolic OH excluding ortho intramolecular Hbond substituents is 1. The molecule has 1 radical (unpaired) electrons. The van der Waals surface area contributed by atoms with Gasteiger partial charge in [0.15, 0.2) is 0 Å². The fourth-order valence-electron chi connectivity index (χ4n) is 2.25. The van der Waals surface area contributed by atoms with Gasteiger partial charge in [0.25, 0.3) is 0 Å². The Balaban J connectivity index is 0.00000161. The van der Waals surface area contributed by atoms with E-state index in [-0.39, 0.29) is 22.5 Å². The Morgan fingerprint density at radius 1 is 0.905 bits per heavy atom. The first-order valence-corrected chi connectivity index (χ1v) is 6.56. The van der Waals surface area contributed by atoms with Crippen LogP contribution in [-0.4, -0.2) is 11.3 Å². The van der Waals surface area contributed by atoms with Crippen LogP contribution >= 0.6 is 0 Å². The van der Waals surface area contributed by atoms with Gasteiger partial charge in [-0.3, -0.25) is 4.99 Å². The van der Waals surface area contributed by atoms with Crippen LogP contribution in [0, 0.1) is 6.92 Å². The van der Waals surface area contributed by atoms with Crippen LogP contribution in [-0.2, 0) is 16.8 Å². The maximum Gasteiger partial charge on any atom is 0.127 e. The fraction of sp³-hybridized carbons (Fsp3) is 0.0556. The van der Waals surface area contributed by atoms with E-state index in [9.17, 15) is 5.11 Å². The van der Waals surface area contributed by atoms with E-state index in [1.165, 1.54) is 0 Å². The maximum atomic E-state index is 10.00. The van der Waals surface area contributed by atoms with Crippen molar-refractivity contribution in [2.24, 2.45) is 4.99 Å². The summed E-state index contributed by atoms with van der Waals surface area (Å²) in [6.45, 7) is 1.88. The van der Waals surface area contributed by atoms with Crippen molar-refractivity contribution in [3.05, 3.63) is 71.8 Å². The van der Waals surface area contributed by atoms with Crippen molar-refractivity contribution in [1.29, 1.82) is 0 Å². The summed E-state index contributed by atoms with van der Waals surface area (Å²) in [5.41, 5.74) is 2.49. The molecule has 0 aliphatic heterocycles. The van der Waals surface area contributed by atoms with Gasteiger partial charge in [-0.05, 0) is 30.0 Å². The average Bonchev–Trinajstić information content (AvgIpc) is 2.49. The van der Waals surface area contributed by atoms with Crippen molar-refractivity contribution in [1.82, 2.24) is 0 Å². The molecule has 0 bridgehead atoms. The number of fused-ring (bicyclic) bond motifs is 1. The van der Waals surface area contributed by atoms with Gasteiger partial charge in [0, 0.05) is 33.9 Å². The third-order valence-corrected chi connectivity index (χ3v) is 3.38. The molecular weight excluding hydrogens is 305 g/mol. The van der Waals surface area contributed by atoms with Crippen LogP contribution in [0.15, 0.2) is 65.7 Å². The van der Waals surface area contributed by atoms with Crippen molar-refractivity contribution in [2.75, 3.05) is 0 Å². The normalized spacial score (nSPS) is 10.7. The number of nitrogens with zero attached hydrogens (tertiary/aromatic N) is 1. The van der Waals surface area contributed by atoms with Crippen LogP contribution in [0.5, 0.6) is 5.75 Å². The van der Waals surface area contributed by atoms with E-state index in [0.29, 0.717) is 0 Å². The third-order valence-electron chi connectivity index (χ3n) is 3.38. The van der Waals surface area contributed by atoms with Crippen LogP contribution in [0.1, 0.15) is 11.1 Å². The summed E-state index contributed by atoms with van der Waals surface area (Å²) < 4.78 is 0. The van der Waals surface area contributed by atoms with Crippen LogP contribution in [0.3, 0.4) is 0 Å². The summed E-state index contributed by atoms with van der Waals surface area (Å²) in [7, 11) is 0. The van der Waals surface area contributed by atoms with Crippen molar-refractivity contribution >= 4 is 22.7 Å². The quantitative estimate of drug-likeness (QED) is 0.688. The van der Waals surface area contributed by atoms with Gasteiger partial charge >= 0.3 is 0 Å². The van der Waals surface area contributed by atoms with Gasteiger partial charge in [-0.15, -0.1) is 0 Å². The number of hydrogen-bond donors (Lipinski definition) is 1. The van der Waals surface area contributed by atoms with E-state index in [1.807, 2.05) is 49.4 Å². The number of hydrogen-bond acceptors (Lipinski definition) is 2. The van der Waals surface area contributed by atoms with Gasteiger partial charge in [0.05, 0.1) is 5.69 Å². The molecule has 0 fully saturated rings. The molecule has 0 aliphatic carbocycles. The van der Waals surface area contributed by atoms with Crippen molar-refractivity contribution in [2.45, 2.75) is 6.92 Å². The first kappa shape index (κ1) is 15.3. The van der Waals surface area contributed by atoms with Gasteiger partial charge in [0.2, 0.25) is 0 Å². The van der Waals surface area contributed by atoms with Gasteiger partial charge in [0.1, 0.15) is 5.75 Å². The Labute approximate surface area is 134 Å². The largest absolute Gasteiger partial charge is 0.507 e. The zero-order chi connectivity index (χ0) is 13.9. The molecule has 2 nitrogen and oxygen atoms in total. The van der Waals surface area contributed by atoms with Crippen molar-refractivity contribution in [3.8, 4) is 5.75 Å². The maximum absolute atomic E-state index is 10.00. The van der Waals surface area contributed by atoms with Crippen molar-refractivity contribution in [3.63, 3.8) is 0 Å². The molecular formula is C18H15CoNO. The molecule has 3 aromatic carbocycles. The average molecular weight is 320 g/mol. The molecule has 0 aromatic heterocycles. The van der Waals surface area contributed by atoms with Crippen LogP contribution < -0.4 is 0 Å². The molecule has 0 spiro atoms. The fourth-order valence-corrected chi connectivity index (χ4v) is 2.25. The SMILES string of the molecule is Cc1cccc(C=Nc2cccc3ccccc23)c1O.[Co]. The molecule has 0 unspecified atom stereocenters. The second-order valence-electron chi connectivity index (χ2n) is 4.77. The minimum absolute atomic E-state index is 0. The van der Waals surface area contributed by atoms with Crippen LogP contribution in [0.2, 0.25) is 0 Å². The molecule has 0 heterocycles. The minimum Gasteiger partial charge on any atom is -0.507 e. The smallest absolute Gasteiger partial charge is 0.127 e. The van der Waals surface area contributed by atoms with Gasteiger partial charge in [-0.25, -0.2) is 0 Å². The number of aryl methyl sites for hydroxylation is 1. The second-order valence-corrected chi connectivity index (χ2v) is 4.77. The number of rotatable bonds is 2. The first-order valence-electron chi connectivity index (χ1n) is 6.56. The zero-order valence-corrected chi connectivity index (χ0v) is 12.6. The summed E-state index contributed by atoms with van der Waals surface area (Å²) in [6, 6.07) is 19.8. The summed E-state index contributed by atoms with van der Waals surface area (Å²) in [4.78, 5) is 4.52. The van der Waals surface area contributed by atoms with E-state index in [0.717, 1.165) is 27.6 Å². The molecule has 0 aliphatic rings. The molecule has 1 N–H and O–H groups in total. The molecule has 0 amide bonds. The Morgan fingerprint density at radius 2 is 1.62 bits per heavy atom. The third kappa shape index (κ3) is 3.15. The Hall–Kier alpha value is -2.10. The summed E-state index contributed by atoms with van der Waals surface area (Å²) in [5, 5.41) is 12.3. The van der Waals surface area contributed by atoms with E-state index in [4.69, 9.17) is 0 Å². The van der Waals surface area contributed by atoms with Gasteiger partial charge < -0.3 is 5.11 Å². The Morgan fingerprint density at radius 3 is 2.48 bits per heavy atom. The second kappa shape index (κ2) is 6.57. The molecule has 3 rings (SSSR count). The number of para-hydroxylation sites is 1. The first-order chi connectivity index (χ1) is 9.75. The molecule has 21 heavy (non-hydrogen) atoms. The Bertz CT molecular complexity index is 791. The number of phenols is 1. The van der Waals surface area contributed by atoms with Crippen LogP contribution in [0.4, 0.5) is 5.69 Å². The molecule has 0 saturated carbocycles.